The van der Waals surface area contributed by atoms with Gasteiger partial charge in [0.25, 0.3) is 0 Å². The van der Waals surface area contributed by atoms with Gasteiger partial charge in [-0.3, -0.25) is 0 Å². The highest BCUT2D eigenvalue weighted by Gasteiger charge is 2.07. The molecule has 2 aromatic carbocycles. The number of aryl methyl sites for hydroxylation is 1. The number of halogens is 1. The number of urea groups is 1. The highest BCUT2D eigenvalue weighted by atomic mass is 35.5. The lowest BCUT2D eigenvalue weighted by atomic mass is 10.2. The Bertz CT molecular complexity index is 888. The topological polar surface area (TPSA) is 66.9 Å². The Balaban J connectivity index is 1.57. The minimum atomic E-state index is -0.255. The Morgan fingerprint density at radius 2 is 1.85 bits per heavy atom. The summed E-state index contributed by atoms with van der Waals surface area (Å²) in [7, 11) is 0. The molecule has 0 aliphatic carbocycles. The van der Waals surface area contributed by atoms with Crippen LogP contribution < -0.4 is 10.6 Å². The molecule has 3 aromatic rings. The van der Waals surface area contributed by atoms with E-state index in [1.54, 1.807) is 30.6 Å². The maximum atomic E-state index is 12.1. The van der Waals surface area contributed by atoms with Crippen LogP contribution in [0.1, 0.15) is 11.1 Å². The van der Waals surface area contributed by atoms with Crippen LogP contribution in [0.5, 0.6) is 0 Å². The first kappa shape index (κ1) is 18.2. The van der Waals surface area contributed by atoms with Crippen molar-refractivity contribution in [3.63, 3.8) is 0 Å². The molecule has 5 nitrogen and oxygen atoms in total. The molecule has 0 aliphatic rings. The van der Waals surface area contributed by atoms with Crippen LogP contribution in [0, 0.1) is 6.92 Å². The van der Waals surface area contributed by atoms with Crippen LogP contribution in [0.15, 0.2) is 71.0 Å². The normalized spacial score (nSPS) is 10.4. The molecule has 0 radical (unpaired) electrons. The number of hydrogen-bond acceptors (Lipinski definition) is 4. The van der Waals surface area contributed by atoms with Gasteiger partial charge in [0.2, 0.25) is 0 Å². The van der Waals surface area contributed by atoms with Crippen LogP contribution in [0.25, 0.3) is 0 Å². The maximum Gasteiger partial charge on any atom is 0.319 e. The molecule has 1 aromatic heterocycles. The van der Waals surface area contributed by atoms with Crippen LogP contribution in [0.4, 0.5) is 10.5 Å². The standard InChI is InChI=1S/C19H17ClN4OS/c1-13-11-16(26-19-21-9-2-10-22-19)7-8-17(13)24-18(25)23-12-14-3-5-15(20)6-4-14/h2-11H,12H2,1H3,(H2,23,24,25). The largest absolute Gasteiger partial charge is 0.334 e. The second kappa shape index (κ2) is 8.69. The highest BCUT2D eigenvalue weighted by molar-refractivity contribution is 7.99. The fourth-order valence-corrected chi connectivity index (χ4v) is 3.17. The lowest BCUT2D eigenvalue weighted by molar-refractivity contribution is 0.251. The molecule has 1 heterocycles. The van der Waals surface area contributed by atoms with Gasteiger partial charge < -0.3 is 10.6 Å². The first-order chi connectivity index (χ1) is 12.6. The molecular formula is C19H17ClN4OS. The van der Waals surface area contributed by atoms with Crippen molar-refractivity contribution in [2.24, 2.45) is 0 Å². The van der Waals surface area contributed by atoms with Crippen LogP contribution >= 0.6 is 23.4 Å². The summed E-state index contributed by atoms with van der Waals surface area (Å²) in [5.74, 6) is 0. The van der Waals surface area contributed by atoms with Gasteiger partial charge in [-0.25, -0.2) is 14.8 Å². The van der Waals surface area contributed by atoms with E-state index in [0.717, 1.165) is 21.7 Å². The summed E-state index contributed by atoms with van der Waals surface area (Å²) in [6.07, 6.45) is 3.42. The van der Waals surface area contributed by atoms with Crippen molar-refractivity contribution in [1.29, 1.82) is 0 Å². The summed E-state index contributed by atoms with van der Waals surface area (Å²) in [5, 5.41) is 7.06. The minimum Gasteiger partial charge on any atom is -0.334 e. The van der Waals surface area contributed by atoms with E-state index in [1.807, 2.05) is 37.3 Å². The van der Waals surface area contributed by atoms with Gasteiger partial charge in [0.1, 0.15) is 0 Å². The van der Waals surface area contributed by atoms with E-state index in [-0.39, 0.29) is 6.03 Å². The van der Waals surface area contributed by atoms with Gasteiger partial charge in [0.05, 0.1) is 0 Å². The first-order valence-electron chi connectivity index (χ1n) is 7.95. The van der Waals surface area contributed by atoms with E-state index < -0.39 is 0 Å². The summed E-state index contributed by atoms with van der Waals surface area (Å²) < 4.78 is 0. The zero-order valence-electron chi connectivity index (χ0n) is 14.1. The van der Waals surface area contributed by atoms with Gasteiger partial charge in [-0.15, -0.1) is 0 Å². The fraction of sp³-hybridized carbons (Fsp3) is 0.105. The maximum absolute atomic E-state index is 12.1. The fourth-order valence-electron chi connectivity index (χ4n) is 2.23. The third kappa shape index (κ3) is 5.21. The van der Waals surface area contributed by atoms with E-state index in [4.69, 9.17) is 11.6 Å². The van der Waals surface area contributed by atoms with Crippen molar-refractivity contribution in [2.45, 2.75) is 23.5 Å². The van der Waals surface area contributed by atoms with E-state index in [9.17, 15) is 4.79 Å². The van der Waals surface area contributed by atoms with Crippen LogP contribution in [0.3, 0.4) is 0 Å². The number of benzene rings is 2. The van der Waals surface area contributed by atoms with Crippen molar-refractivity contribution < 1.29 is 4.79 Å². The van der Waals surface area contributed by atoms with E-state index >= 15 is 0 Å². The molecule has 0 bridgehead atoms. The quantitative estimate of drug-likeness (QED) is 0.613. The number of anilines is 1. The Morgan fingerprint density at radius 1 is 1.12 bits per heavy atom. The number of nitrogens with one attached hydrogen (secondary N) is 2. The zero-order valence-corrected chi connectivity index (χ0v) is 15.6. The van der Waals surface area contributed by atoms with Gasteiger partial charge in [-0.05, 0) is 66.2 Å². The molecule has 0 spiro atoms. The molecule has 0 saturated carbocycles. The van der Waals surface area contributed by atoms with Crippen LogP contribution in [0.2, 0.25) is 5.02 Å². The van der Waals surface area contributed by atoms with Crippen molar-refractivity contribution in [1.82, 2.24) is 15.3 Å². The second-order valence-electron chi connectivity index (χ2n) is 5.54. The molecule has 0 aliphatic heterocycles. The van der Waals surface area contributed by atoms with E-state index in [2.05, 4.69) is 20.6 Å². The third-order valence-corrected chi connectivity index (χ3v) is 4.70. The van der Waals surface area contributed by atoms with Crippen molar-refractivity contribution in [3.05, 3.63) is 77.1 Å². The summed E-state index contributed by atoms with van der Waals surface area (Å²) in [6.45, 7) is 2.38. The molecule has 2 N–H and O–H groups in total. The molecule has 0 atom stereocenters. The van der Waals surface area contributed by atoms with Gasteiger partial charge in [-0.1, -0.05) is 23.7 Å². The van der Waals surface area contributed by atoms with E-state index in [1.165, 1.54) is 11.8 Å². The zero-order chi connectivity index (χ0) is 18.4. The van der Waals surface area contributed by atoms with Crippen molar-refractivity contribution in [3.8, 4) is 0 Å². The lowest BCUT2D eigenvalue weighted by Crippen LogP contribution is -2.28. The number of aromatic nitrogens is 2. The lowest BCUT2D eigenvalue weighted by Gasteiger charge is -2.11. The SMILES string of the molecule is Cc1cc(Sc2ncccn2)ccc1NC(=O)NCc1ccc(Cl)cc1. The predicted octanol–water partition coefficient (Wildman–Crippen LogP) is 4.91. The predicted molar refractivity (Wildman–Crippen MR) is 105 cm³/mol. The second-order valence-corrected chi connectivity index (χ2v) is 7.02. The van der Waals surface area contributed by atoms with Crippen LogP contribution in [-0.2, 0) is 6.54 Å². The summed E-state index contributed by atoms with van der Waals surface area (Å²) in [5.41, 5.74) is 2.71. The number of nitrogens with zero attached hydrogens (tertiary/aromatic N) is 2. The van der Waals surface area contributed by atoms with Crippen LogP contribution in [-0.4, -0.2) is 16.0 Å². The molecule has 26 heavy (non-hydrogen) atoms. The van der Waals surface area contributed by atoms with Gasteiger partial charge >= 0.3 is 6.03 Å². The van der Waals surface area contributed by atoms with Gasteiger partial charge in [0.15, 0.2) is 5.16 Å². The Kier molecular flexibility index (Phi) is 6.09. The molecule has 0 saturated heterocycles. The third-order valence-electron chi connectivity index (χ3n) is 3.56. The van der Waals surface area contributed by atoms with Gasteiger partial charge in [0, 0.05) is 34.5 Å². The smallest absolute Gasteiger partial charge is 0.319 e. The number of amides is 2. The molecule has 132 valence electrons. The minimum absolute atomic E-state index is 0.255. The molecule has 2 amide bonds. The molecule has 7 heteroatoms. The van der Waals surface area contributed by atoms with Crippen molar-refractivity contribution in [2.75, 3.05) is 5.32 Å². The Morgan fingerprint density at radius 3 is 2.54 bits per heavy atom. The summed E-state index contributed by atoms with van der Waals surface area (Å²) in [4.78, 5) is 21.5. The average molecular weight is 385 g/mol. The molecule has 3 rings (SSSR count). The average Bonchev–Trinajstić information content (AvgIpc) is 2.64. The van der Waals surface area contributed by atoms with Crippen molar-refractivity contribution >= 4 is 35.1 Å². The molecule has 0 fully saturated rings. The molecular weight excluding hydrogens is 368 g/mol. The Labute approximate surface area is 161 Å². The first-order valence-corrected chi connectivity index (χ1v) is 9.14. The number of carbonyl (C=O) groups is 1. The van der Waals surface area contributed by atoms with Gasteiger partial charge in [-0.2, -0.15) is 0 Å². The monoisotopic (exact) mass is 384 g/mol. The number of carbonyl (C=O) groups excluding carboxylic acids is 1. The number of hydrogen-bond donors (Lipinski definition) is 2. The van der Waals surface area contributed by atoms with E-state index in [0.29, 0.717) is 16.7 Å². The number of rotatable bonds is 5. The highest BCUT2D eigenvalue weighted by Crippen LogP contribution is 2.27. The Hall–Kier alpha value is -2.57. The summed E-state index contributed by atoms with van der Waals surface area (Å²) in [6, 6.07) is 14.7. The molecule has 0 unspecified atom stereocenters. The summed E-state index contributed by atoms with van der Waals surface area (Å²) >= 11 is 7.33.